The Morgan fingerprint density at radius 1 is 1.14 bits per heavy atom. The molecule has 0 aromatic heterocycles. The minimum Gasteiger partial charge on any atom is -0.506 e. The molecule has 0 spiro atoms. The molecule has 4 rings (SSSR count). The van der Waals surface area contributed by atoms with Gasteiger partial charge in [0.2, 0.25) is 0 Å². The quantitative estimate of drug-likeness (QED) is 0.217. The number of esters is 1. The normalized spacial score (nSPS) is 23.7. The number of hydrogen-bond donors (Lipinski definition) is 2. The molecule has 2 fully saturated rings. The van der Waals surface area contributed by atoms with Crippen LogP contribution in [0.4, 0.5) is 5.69 Å². The van der Waals surface area contributed by atoms with E-state index in [0.29, 0.717) is 41.0 Å². The van der Waals surface area contributed by atoms with E-state index in [0.717, 1.165) is 44.2 Å². The molecular weight excluding hydrogens is 509 g/mol. The molecule has 202 valence electrons. The average molecular weight is 549 g/mol. The lowest BCUT2D eigenvalue weighted by Gasteiger charge is -2.38. The summed E-state index contributed by atoms with van der Waals surface area (Å²) in [4.78, 5) is 13.4. The molecule has 0 amide bonds. The van der Waals surface area contributed by atoms with Gasteiger partial charge in [0, 0.05) is 34.3 Å². The van der Waals surface area contributed by atoms with Crippen LogP contribution in [0.25, 0.3) is 0 Å². The second-order valence-electron chi connectivity index (χ2n) is 11.4. The van der Waals surface area contributed by atoms with Crippen LogP contribution in [0, 0.1) is 16.7 Å². The van der Waals surface area contributed by atoms with E-state index in [1.807, 2.05) is 12.1 Å². The third kappa shape index (κ3) is 5.68. The largest absolute Gasteiger partial charge is 0.506 e. The summed E-state index contributed by atoms with van der Waals surface area (Å²) in [7, 11) is 0. The highest BCUT2D eigenvalue weighted by atomic mass is 35.5. The lowest BCUT2D eigenvalue weighted by atomic mass is 9.70. The molecule has 2 N–H and O–H groups in total. The van der Waals surface area contributed by atoms with Crippen LogP contribution in [0.15, 0.2) is 30.3 Å². The maximum absolute atomic E-state index is 13.4. The SMILES string of the molecule is CCCCCCOc1cc(NCc2cc(Cl)cc(Cl)c2O)ccc1C(=O)OC1CC2CCC1(C)C2(C)C. The lowest BCUT2D eigenvalue weighted by molar-refractivity contribution is -0.0244. The molecule has 2 saturated carbocycles. The standard InChI is InChI=1S/C30H39Cl2NO4/c1-5-6-7-8-13-36-25-17-22(33-18-19-14-21(31)16-24(32)27(19)34)9-10-23(25)28(35)37-26-15-20-11-12-30(26,4)29(20,2)3/h9-10,14,16-17,20,26,33-34H,5-8,11-13,15,18H2,1-4H3. The maximum atomic E-state index is 13.4. The van der Waals surface area contributed by atoms with E-state index in [1.165, 1.54) is 12.5 Å². The smallest absolute Gasteiger partial charge is 0.342 e. The predicted octanol–water partition coefficient (Wildman–Crippen LogP) is 8.64. The molecule has 2 aromatic rings. The van der Waals surface area contributed by atoms with E-state index in [1.54, 1.807) is 12.1 Å². The summed E-state index contributed by atoms with van der Waals surface area (Å²) < 4.78 is 12.3. The fourth-order valence-corrected chi connectivity index (χ4v) is 6.62. The van der Waals surface area contributed by atoms with Gasteiger partial charge < -0.3 is 19.9 Å². The molecule has 0 aliphatic heterocycles. The second kappa shape index (κ2) is 11.3. The summed E-state index contributed by atoms with van der Waals surface area (Å²) >= 11 is 12.2. The third-order valence-corrected chi connectivity index (χ3v) is 9.52. The molecule has 3 unspecified atom stereocenters. The molecule has 3 atom stereocenters. The van der Waals surface area contributed by atoms with Crippen molar-refractivity contribution in [2.45, 2.75) is 85.3 Å². The summed E-state index contributed by atoms with van der Waals surface area (Å²) in [6, 6.07) is 8.59. The first-order valence-corrected chi connectivity index (χ1v) is 14.2. The number of carbonyl (C=O) groups excluding carboxylic acids is 1. The van der Waals surface area contributed by atoms with Crippen molar-refractivity contribution in [2.75, 3.05) is 11.9 Å². The highest BCUT2D eigenvalue weighted by Gasteiger charge is 2.62. The van der Waals surface area contributed by atoms with Crippen molar-refractivity contribution in [1.29, 1.82) is 0 Å². The van der Waals surface area contributed by atoms with Gasteiger partial charge in [0.25, 0.3) is 0 Å². The summed E-state index contributed by atoms with van der Waals surface area (Å²) in [6.07, 6.45) is 7.44. The van der Waals surface area contributed by atoms with E-state index in [9.17, 15) is 9.90 Å². The van der Waals surface area contributed by atoms with E-state index in [-0.39, 0.29) is 33.7 Å². The van der Waals surface area contributed by atoms with Crippen molar-refractivity contribution < 1.29 is 19.4 Å². The molecule has 37 heavy (non-hydrogen) atoms. The molecule has 0 saturated heterocycles. The number of unbranched alkanes of at least 4 members (excludes halogenated alkanes) is 3. The first kappa shape index (κ1) is 27.9. The second-order valence-corrected chi connectivity index (χ2v) is 12.2. The number of aromatic hydroxyl groups is 1. The van der Waals surface area contributed by atoms with Crippen LogP contribution in [0.5, 0.6) is 11.5 Å². The van der Waals surface area contributed by atoms with Crippen LogP contribution in [-0.2, 0) is 11.3 Å². The van der Waals surface area contributed by atoms with Crippen LogP contribution in [0.2, 0.25) is 10.0 Å². The lowest BCUT2D eigenvalue weighted by Crippen LogP contribution is -2.38. The number of phenols is 1. The third-order valence-electron chi connectivity index (χ3n) is 9.01. The summed E-state index contributed by atoms with van der Waals surface area (Å²) in [5.74, 6) is 0.761. The molecule has 2 aliphatic rings. The Morgan fingerprint density at radius 2 is 1.92 bits per heavy atom. The van der Waals surface area contributed by atoms with Crippen LogP contribution in [0.3, 0.4) is 0 Å². The highest BCUT2D eigenvalue weighted by Crippen LogP contribution is 2.66. The van der Waals surface area contributed by atoms with Crippen LogP contribution >= 0.6 is 23.2 Å². The molecular formula is C30H39Cl2NO4. The van der Waals surface area contributed by atoms with Gasteiger partial charge in [-0.05, 0) is 61.3 Å². The number of phenolic OH excluding ortho intramolecular Hbond substituents is 1. The van der Waals surface area contributed by atoms with Crippen molar-refractivity contribution in [2.24, 2.45) is 16.7 Å². The molecule has 0 radical (unpaired) electrons. The number of fused-ring (bicyclic) bond motifs is 2. The zero-order valence-corrected chi connectivity index (χ0v) is 23.8. The van der Waals surface area contributed by atoms with Gasteiger partial charge in [0.15, 0.2) is 0 Å². The van der Waals surface area contributed by atoms with Gasteiger partial charge in [-0.3, -0.25) is 0 Å². The van der Waals surface area contributed by atoms with Crippen LogP contribution < -0.4 is 10.1 Å². The molecule has 2 bridgehead atoms. The number of ether oxygens (including phenoxy) is 2. The Morgan fingerprint density at radius 3 is 2.59 bits per heavy atom. The molecule has 0 heterocycles. The number of carbonyl (C=O) groups is 1. The van der Waals surface area contributed by atoms with Crippen molar-refractivity contribution in [1.82, 2.24) is 0 Å². The van der Waals surface area contributed by atoms with E-state index >= 15 is 0 Å². The van der Waals surface area contributed by atoms with Gasteiger partial charge in [-0.2, -0.15) is 0 Å². The van der Waals surface area contributed by atoms with E-state index in [4.69, 9.17) is 32.7 Å². The summed E-state index contributed by atoms with van der Waals surface area (Å²) in [5, 5.41) is 14.2. The minimum absolute atomic E-state index is 0.00374. The van der Waals surface area contributed by atoms with Gasteiger partial charge in [-0.1, -0.05) is 70.2 Å². The van der Waals surface area contributed by atoms with Gasteiger partial charge in [0.05, 0.1) is 11.6 Å². The number of benzene rings is 2. The zero-order valence-electron chi connectivity index (χ0n) is 22.3. The van der Waals surface area contributed by atoms with Gasteiger partial charge >= 0.3 is 5.97 Å². The van der Waals surface area contributed by atoms with E-state index in [2.05, 4.69) is 33.0 Å². The zero-order chi connectivity index (χ0) is 26.8. The topological polar surface area (TPSA) is 67.8 Å². The molecule has 2 aromatic carbocycles. The van der Waals surface area contributed by atoms with Crippen molar-refractivity contribution in [3.63, 3.8) is 0 Å². The number of nitrogens with one attached hydrogen (secondary N) is 1. The number of anilines is 1. The Labute approximate surface area is 230 Å². The fourth-order valence-electron chi connectivity index (χ4n) is 6.08. The first-order valence-electron chi connectivity index (χ1n) is 13.5. The molecule has 7 heteroatoms. The van der Waals surface area contributed by atoms with Gasteiger partial charge in [-0.15, -0.1) is 0 Å². The Kier molecular flexibility index (Phi) is 8.55. The first-order chi connectivity index (χ1) is 17.6. The Bertz CT molecular complexity index is 1130. The Balaban J connectivity index is 1.50. The highest BCUT2D eigenvalue weighted by molar-refractivity contribution is 6.35. The van der Waals surface area contributed by atoms with Crippen LogP contribution in [-0.4, -0.2) is 23.8 Å². The predicted molar refractivity (Wildman–Crippen MR) is 150 cm³/mol. The average Bonchev–Trinajstić information content (AvgIpc) is 3.19. The number of hydrogen-bond acceptors (Lipinski definition) is 5. The van der Waals surface area contributed by atoms with Crippen LogP contribution in [0.1, 0.15) is 88.6 Å². The number of halogens is 2. The van der Waals surface area contributed by atoms with Crippen molar-refractivity contribution in [3.8, 4) is 11.5 Å². The van der Waals surface area contributed by atoms with Gasteiger partial charge in [-0.25, -0.2) is 4.79 Å². The van der Waals surface area contributed by atoms with E-state index < -0.39 is 0 Å². The summed E-state index contributed by atoms with van der Waals surface area (Å²) in [6.45, 7) is 9.91. The van der Waals surface area contributed by atoms with Crippen molar-refractivity contribution >= 4 is 34.9 Å². The minimum atomic E-state index is -0.330. The molecule has 5 nitrogen and oxygen atoms in total. The summed E-state index contributed by atoms with van der Waals surface area (Å²) in [5.41, 5.74) is 1.94. The molecule has 2 aliphatic carbocycles. The Hall–Kier alpha value is -2.11. The monoisotopic (exact) mass is 547 g/mol. The number of rotatable bonds is 11. The maximum Gasteiger partial charge on any atom is 0.342 e. The fraction of sp³-hybridized carbons (Fsp3) is 0.567. The van der Waals surface area contributed by atoms with Crippen molar-refractivity contribution in [3.05, 3.63) is 51.5 Å². The van der Waals surface area contributed by atoms with Gasteiger partial charge in [0.1, 0.15) is 23.2 Å².